The van der Waals surface area contributed by atoms with Gasteiger partial charge >= 0.3 is 0 Å². The number of hydrogen-bond acceptors (Lipinski definition) is 4. The number of nitrogen functional groups attached to an aromatic ring is 1. The summed E-state index contributed by atoms with van der Waals surface area (Å²) >= 11 is 0. The van der Waals surface area contributed by atoms with Crippen LogP contribution < -0.4 is 5.73 Å². The summed E-state index contributed by atoms with van der Waals surface area (Å²) in [5.41, 5.74) is 9.28. The minimum atomic E-state index is -0.375. The molecule has 5 heteroatoms. The number of nitro groups is 1. The largest absolute Gasteiger partial charge is 0.397 e. The Labute approximate surface area is 139 Å². The van der Waals surface area contributed by atoms with Gasteiger partial charge in [0.05, 0.1) is 22.4 Å². The van der Waals surface area contributed by atoms with Crippen LogP contribution in [0.4, 0.5) is 11.4 Å². The minimum absolute atomic E-state index is 0.0164. The van der Waals surface area contributed by atoms with E-state index in [1.807, 2.05) is 60.7 Å². The summed E-state index contributed by atoms with van der Waals surface area (Å²) in [4.78, 5) is 15.5. The van der Waals surface area contributed by atoms with E-state index in [-0.39, 0.29) is 10.6 Å². The molecule has 2 N–H and O–H groups in total. The predicted molar refractivity (Wildman–Crippen MR) is 93.8 cm³/mol. The highest BCUT2D eigenvalue weighted by atomic mass is 16.6. The molecular weight excluding hydrogens is 302 g/mol. The molecule has 1 aromatic heterocycles. The first-order valence-electron chi connectivity index (χ1n) is 7.63. The average Bonchev–Trinajstić information content (AvgIpc) is 2.59. The van der Waals surface area contributed by atoms with Crippen LogP contribution in [0.15, 0.2) is 66.9 Å². The van der Waals surface area contributed by atoms with E-state index in [9.17, 15) is 10.1 Å². The Kier molecular flexibility index (Phi) is 4.52. The molecule has 0 atom stereocenters. The van der Waals surface area contributed by atoms with Crippen LogP contribution in [-0.4, -0.2) is 9.91 Å². The second-order valence-corrected chi connectivity index (χ2v) is 5.57. The molecule has 120 valence electrons. The van der Waals surface area contributed by atoms with Crippen molar-refractivity contribution in [3.05, 3.63) is 99.4 Å². The molecule has 3 aromatic rings. The van der Waals surface area contributed by atoms with Gasteiger partial charge in [-0.05, 0) is 11.1 Å². The molecule has 0 aliphatic rings. The molecule has 0 saturated carbocycles. The van der Waals surface area contributed by atoms with Crippen molar-refractivity contribution in [2.45, 2.75) is 12.8 Å². The molecule has 0 fully saturated rings. The summed E-state index contributed by atoms with van der Waals surface area (Å²) in [6.07, 6.45) is 2.33. The number of rotatable bonds is 5. The molecule has 0 saturated heterocycles. The third kappa shape index (κ3) is 3.41. The number of aromatic nitrogens is 1. The second-order valence-electron chi connectivity index (χ2n) is 5.57. The molecule has 3 rings (SSSR count). The molecule has 5 nitrogen and oxygen atoms in total. The third-order valence-electron chi connectivity index (χ3n) is 3.89. The lowest BCUT2D eigenvalue weighted by atomic mass is 9.99. The molecule has 0 aliphatic carbocycles. The molecule has 2 aromatic carbocycles. The summed E-state index contributed by atoms with van der Waals surface area (Å²) < 4.78 is 0. The lowest BCUT2D eigenvalue weighted by molar-refractivity contribution is -0.386. The summed E-state index contributed by atoms with van der Waals surface area (Å²) in [6, 6.07) is 19.2. The quantitative estimate of drug-likeness (QED) is 0.573. The summed E-state index contributed by atoms with van der Waals surface area (Å²) in [7, 11) is 0. The van der Waals surface area contributed by atoms with E-state index in [2.05, 4.69) is 4.98 Å². The number of benzene rings is 2. The van der Waals surface area contributed by atoms with Crippen molar-refractivity contribution in [3.8, 4) is 0 Å². The van der Waals surface area contributed by atoms with Crippen molar-refractivity contribution in [1.82, 2.24) is 4.98 Å². The Bertz CT molecular complexity index is 849. The van der Waals surface area contributed by atoms with Gasteiger partial charge in [0, 0.05) is 12.8 Å². The Morgan fingerprint density at radius 3 is 2.00 bits per heavy atom. The molecule has 24 heavy (non-hydrogen) atoms. The standard InChI is InChI=1S/C19H17N3O2/c20-17-13-21-18(12-15-9-5-2-6-10-15)19(22(23)24)16(17)11-14-7-3-1-4-8-14/h1-10,13H,11-12,20H2. The van der Waals surface area contributed by atoms with Crippen LogP contribution in [0.3, 0.4) is 0 Å². The molecule has 1 heterocycles. The molecular formula is C19H17N3O2. The number of nitrogens with zero attached hydrogens (tertiary/aromatic N) is 2. The second kappa shape index (κ2) is 6.91. The van der Waals surface area contributed by atoms with Crippen molar-refractivity contribution < 1.29 is 4.92 Å². The van der Waals surface area contributed by atoms with Gasteiger partial charge in [0.25, 0.3) is 5.69 Å². The van der Waals surface area contributed by atoms with Gasteiger partial charge in [-0.25, -0.2) is 0 Å². The maximum atomic E-state index is 11.7. The van der Waals surface area contributed by atoms with E-state index >= 15 is 0 Å². The van der Waals surface area contributed by atoms with Crippen LogP contribution >= 0.6 is 0 Å². The van der Waals surface area contributed by atoms with Crippen molar-refractivity contribution >= 4 is 11.4 Å². The monoisotopic (exact) mass is 319 g/mol. The van der Waals surface area contributed by atoms with E-state index in [1.165, 1.54) is 6.20 Å². The van der Waals surface area contributed by atoms with Gasteiger partial charge in [0.1, 0.15) is 5.69 Å². The fourth-order valence-electron chi connectivity index (χ4n) is 2.72. The first-order chi connectivity index (χ1) is 11.6. The van der Waals surface area contributed by atoms with Crippen molar-refractivity contribution in [3.63, 3.8) is 0 Å². The Balaban J connectivity index is 2.04. The van der Waals surface area contributed by atoms with Gasteiger partial charge in [-0.1, -0.05) is 60.7 Å². The van der Waals surface area contributed by atoms with Crippen molar-refractivity contribution in [1.29, 1.82) is 0 Å². The molecule has 0 unspecified atom stereocenters. The number of hydrogen-bond donors (Lipinski definition) is 1. The highest BCUT2D eigenvalue weighted by molar-refractivity contribution is 5.60. The summed E-state index contributed by atoms with van der Waals surface area (Å²) in [6.45, 7) is 0. The smallest absolute Gasteiger partial charge is 0.296 e. The molecule has 0 amide bonds. The van der Waals surface area contributed by atoms with Crippen LogP contribution in [0.2, 0.25) is 0 Å². The summed E-state index contributed by atoms with van der Waals surface area (Å²) in [5, 5.41) is 11.7. The van der Waals surface area contributed by atoms with E-state index in [0.29, 0.717) is 29.8 Å². The first-order valence-corrected chi connectivity index (χ1v) is 7.63. The molecule has 0 aliphatic heterocycles. The van der Waals surface area contributed by atoms with Crippen LogP contribution in [0.5, 0.6) is 0 Å². The topological polar surface area (TPSA) is 82.0 Å². The van der Waals surface area contributed by atoms with E-state index < -0.39 is 0 Å². The van der Waals surface area contributed by atoms with E-state index in [4.69, 9.17) is 5.73 Å². The van der Waals surface area contributed by atoms with Crippen LogP contribution in [0.1, 0.15) is 22.4 Å². The van der Waals surface area contributed by atoms with Gasteiger partial charge in [-0.15, -0.1) is 0 Å². The Morgan fingerprint density at radius 1 is 0.917 bits per heavy atom. The van der Waals surface area contributed by atoms with E-state index in [1.54, 1.807) is 0 Å². The zero-order chi connectivity index (χ0) is 16.9. The SMILES string of the molecule is Nc1cnc(Cc2ccccc2)c([N+](=O)[O-])c1Cc1ccccc1. The zero-order valence-corrected chi connectivity index (χ0v) is 13.1. The summed E-state index contributed by atoms with van der Waals surface area (Å²) in [5.74, 6) is 0. The highest BCUT2D eigenvalue weighted by Gasteiger charge is 2.24. The average molecular weight is 319 g/mol. The number of anilines is 1. The van der Waals surface area contributed by atoms with Crippen LogP contribution in [0, 0.1) is 10.1 Å². The molecule has 0 bridgehead atoms. The highest BCUT2D eigenvalue weighted by Crippen LogP contribution is 2.30. The minimum Gasteiger partial charge on any atom is -0.397 e. The van der Waals surface area contributed by atoms with Gasteiger partial charge in [-0.3, -0.25) is 15.1 Å². The molecule has 0 radical (unpaired) electrons. The Hall–Kier alpha value is -3.21. The number of pyridine rings is 1. The normalized spacial score (nSPS) is 10.5. The Morgan fingerprint density at radius 2 is 1.46 bits per heavy atom. The van der Waals surface area contributed by atoms with Gasteiger partial charge in [0.2, 0.25) is 0 Å². The first kappa shape index (κ1) is 15.7. The lowest BCUT2D eigenvalue weighted by Crippen LogP contribution is -2.08. The van der Waals surface area contributed by atoms with Crippen LogP contribution in [-0.2, 0) is 12.8 Å². The fraction of sp³-hybridized carbons (Fsp3) is 0.105. The van der Waals surface area contributed by atoms with Crippen molar-refractivity contribution in [2.75, 3.05) is 5.73 Å². The van der Waals surface area contributed by atoms with Gasteiger partial charge < -0.3 is 5.73 Å². The lowest BCUT2D eigenvalue weighted by Gasteiger charge is -2.10. The maximum Gasteiger partial charge on any atom is 0.296 e. The number of nitrogens with two attached hydrogens (primary N) is 1. The third-order valence-corrected chi connectivity index (χ3v) is 3.89. The van der Waals surface area contributed by atoms with Gasteiger partial charge in [-0.2, -0.15) is 0 Å². The van der Waals surface area contributed by atoms with Crippen LogP contribution in [0.25, 0.3) is 0 Å². The van der Waals surface area contributed by atoms with Crippen molar-refractivity contribution in [2.24, 2.45) is 0 Å². The van der Waals surface area contributed by atoms with E-state index in [0.717, 1.165) is 11.1 Å². The van der Waals surface area contributed by atoms with Gasteiger partial charge in [0.15, 0.2) is 0 Å². The predicted octanol–water partition coefficient (Wildman–Crippen LogP) is 3.75. The molecule has 0 spiro atoms. The zero-order valence-electron chi connectivity index (χ0n) is 13.1. The maximum absolute atomic E-state index is 11.7. The fourth-order valence-corrected chi connectivity index (χ4v) is 2.72.